The quantitative estimate of drug-likeness (QED) is 0.365. The van der Waals surface area contributed by atoms with E-state index in [1.807, 2.05) is 20.0 Å². The molecule has 0 atom stereocenters. The summed E-state index contributed by atoms with van der Waals surface area (Å²) in [6.45, 7) is 3.36. The number of nitrogens with one attached hydrogen (secondary N) is 2. The van der Waals surface area contributed by atoms with Gasteiger partial charge in [0, 0.05) is 11.9 Å². The largest absolute Gasteiger partial charge is 0.327 e. The molecule has 1 aliphatic heterocycles. The van der Waals surface area contributed by atoms with Crippen LogP contribution in [-0.2, 0) is 9.84 Å². The molecule has 0 radical (unpaired) electrons. The van der Waals surface area contributed by atoms with Crippen LogP contribution in [0.15, 0.2) is 53.6 Å². The molecule has 0 unspecified atom stereocenters. The number of hydrogen-bond acceptors (Lipinski definition) is 8. The summed E-state index contributed by atoms with van der Waals surface area (Å²) in [5, 5.41) is 9.03. The van der Waals surface area contributed by atoms with Crippen molar-refractivity contribution < 1.29 is 18.0 Å². The SMILES string of the molecule is Cc1ccnn1-c1ccc(Cl)c(C(=O)NC(=O)Nc2nc3ccc(S(=O)(=O)C4CCN(C)CC4)cc3s2)c1. The first-order valence-corrected chi connectivity index (χ1v) is 14.6. The maximum Gasteiger partial charge on any atom is 0.327 e. The number of aryl methyl sites for hydroxylation is 1. The number of sulfone groups is 1. The molecule has 1 saturated heterocycles. The molecule has 5 rings (SSSR count). The number of carbonyl (C=O) groups is 2. The monoisotopic (exact) mass is 572 g/mol. The van der Waals surface area contributed by atoms with Crippen molar-refractivity contribution in [1.82, 2.24) is 25.0 Å². The number of amides is 3. The first-order valence-electron chi connectivity index (χ1n) is 11.9. The summed E-state index contributed by atoms with van der Waals surface area (Å²) in [4.78, 5) is 32.1. The Morgan fingerprint density at radius 3 is 2.58 bits per heavy atom. The fourth-order valence-electron chi connectivity index (χ4n) is 4.38. The van der Waals surface area contributed by atoms with Gasteiger partial charge in [0.1, 0.15) is 0 Å². The number of thiazole rings is 1. The zero-order chi connectivity index (χ0) is 27.0. The normalized spacial score (nSPS) is 15.0. The van der Waals surface area contributed by atoms with Crippen LogP contribution in [0.1, 0.15) is 28.9 Å². The number of halogens is 1. The highest BCUT2D eigenvalue weighted by molar-refractivity contribution is 7.92. The van der Waals surface area contributed by atoms with Gasteiger partial charge in [-0.25, -0.2) is 22.9 Å². The van der Waals surface area contributed by atoms with Crippen molar-refractivity contribution in [1.29, 1.82) is 0 Å². The summed E-state index contributed by atoms with van der Waals surface area (Å²) < 4.78 is 28.6. The molecule has 0 bridgehead atoms. The fourth-order valence-corrected chi connectivity index (χ4v) is 7.32. The highest BCUT2D eigenvalue weighted by Crippen LogP contribution is 2.31. The van der Waals surface area contributed by atoms with Gasteiger partial charge in [0.15, 0.2) is 15.0 Å². The average molecular weight is 573 g/mol. The van der Waals surface area contributed by atoms with E-state index in [-0.39, 0.29) is 20.6 Å². The number of nitrogens with zero attached hydrogens (tertiary/aromatic N) is 4. The fraction of sp³-hybridized carbons (Fsp3) is 0.280. The lowest BCUT2D eigenvalue weighted by molar-refractivity contribution is 0.0967. The van der Waals surface area contributed by atoms with Crippen molar-refractivity contribution >= 4 is 60.1 Å². The number of imide groups is 1. The number of piperidine rings is 1. The number of anilines is 1. The van der Waals surface area contributed by atoms with Gasteiger partial charge in [-0.1, -0.05) is 22.9 Å². The third kappa shape index (κ3) is 5.30. The molecule has 3 heterocycles. The van der Waals surface area contributed by atoms with Gasteiger partial charge < -0.3 is 4.90 Å². The molecule has 1 aliphatic rings. The summed E-state index contributed by atoms with van der Waals surface area (Å²) in [5.74, 6) is -0.688. The van der Waals surface area contributed by atoms with Crippen LogP contribution < -0.4 is 10.6 Å². The lowest BCUT2D eigenvalue weighted by Crippen LogP contribution is -2.37. The molecular formula is C25H25ClN6O4S2. The summed E-state index contributed by atoms with van der Waals surface area (Å²) in [6, 6.07) is 10.7. The molecule has 2 N–H and O–H groups in total. The zero-order valence-electron chi connectivity index (χ0n) is 20.6. The minimum Gasteiger partial charge on any atom is -0.306 e. The van der Waals surface area contributed by atoms with Crippen LogP contribution >= 0.6 is 22.9 Å². The van der Waals surface area contributed by atoms with Gasteiger partial charge in [0.25, 0.3) is 5.91 Å². The number of rotatable bonds is 5. The van der Waals surface area contributed by atoms with Gasteiger partial charge >= 0.3 is 6.03 Å². The molecule has 2 aromatic carbocycles. The van der Waals surface area contributed by atoms with Gasteiger partial charge in [-0.15, -0.1) is 0 Å². The van der Waals surface area contributed by atoms with Gasteiger partial charge in [-0.3, -0.25) is 15.4 Å². The summed E-state index contributed by atoms with van der Waals surface area (Å²) in [7, 11) is -1.49. The van der Waals surface area contributed by atoms with Crippen molar-refractivity contribution in [3.8, 4) is 5.69 Å². The first-order chi connectivity index (χ1) is 18.1. The van der Waals surface area contributed by atoms with Crippen molar-refractivity contribution in [2.45, 2.75) is 29.9 Å². The predicted molar refractivity (Wildman–Crippen MR) is 147 cm³/mol. The van der Waals surface area contributed by atoms with E-state index in [0.29, 0.717) is 28.7 Å². The van der Waals surface area contributed by atoms with Crippen LogP contribution in [0.4, 0.5) is 9.93 Å². The van der Waals surface area contributed by atoms with Crippen molar-refractivity contribution in [3.05, 3.63) is 64.9 Å². The lowest BCUT2D eigenvalue weighted by Gasteiger charge is -2.28. The van der Waals surface area contributed by atoms with Crippen LogP contribution in [0.2, 0.25) is 5.02 Å². The van der Waals surface area contributed by atoms with Gasteiger partial charge in [-0.2, -0.15) is 5.10 Å². The Morgan fingerprint density at radius 2 is 1.87 bits per heavy atom. The Labute approximate surface area is 228 Å². The third-order valence-electron chi connectivity index (χ3n) is 6.51. The summed E-state index contributed by atoms with van der Waals surface area (Å²) in [6.07, 6.45) is 2.83. The summed E-state index contributed by atoms with van der Waals surface area (Å²) >= 11 is 7.35. The standard InChI is InChI=1S/C25H25ClN6O4S2/c1-15-7-10-27-32(15)16-3-5-20(26)19(13-16)23(33)29-24(34)30-25-28-21-6-4-18(14-22(21)37-25)38(35,36)17-8-11-31(2)12-9-17/h3-7,10,13-14,17H,8-9,11-12H2,1-2H3,(H2,28,29,30,33,34). The third-order valence-corrected chi connectivity index (χ3v) is 10.0. The first kappa shape index (κ1) is 26.3. The molecule has 0 spiro atoms. The lowest BCUT2D eigenvalue weighted by atomic mass is 10.1. The van der Waals surface area contributed by atoms with E-state index in [4.69, 9.17) is 11.6 Å². The molecule has 2 aromatic heterocycles. The van der Waals surface area contributed by atoms with Crippen molar-refractivity contribution in [2.24, 2.45) is 0 Å². The average Bonchev–Trinajstić information content (AvgIpc) is 3.49. The molecule has 198 valence electrons. The number of aromatic nitrogens is 3. The van der Waals surface area contributed by atoms with Crippen LogP contribution in [0.25, 0.3) is 15.9 Å². The summed E-state index contributed by atoms with van der Waals surface area (Å²) in [5.41, 5.74) is 2.15. The van der Waals surface area contributed by atoms with Gasteiger partial charge in [0.05, 0.1) is 36.6 Å². The molecular weight excluding hydrogens is 548 g/mol. The van der Waals surface area contributed by atoms with Crippen molar-refractivity contribution in [3.63, 3.8) is 0 Å². The Bertz CT molecular complexity index is 1640. The van der Waals surface area contributed by atoms with E-state index < -0.39 is 27.0 Å². The number of hydrogen-bond donors (Lipinski definition) is 2. The minimum atomic E-state index is -3.47. The van der Waals surface area contributed by atoms with Crippen LogP contribution in [-0.4, -0.2) is 65.4 Å². The Balaban J connectivity index is 1.29. The van der Waals surface area contributed by atoms with E-state index in [1.54, 1.807) is 47.3 Å². The van der Waals surface area contributed by atoms with Crippen LogP contribution in [0.5, 0.6) is 0 Å². The van der Waals surface area contributed by atoms with Crippen LogP contribution in [0.3, 0.4) is 0 Å². The van der Waals surface area contributed by atoms with Gasteiger partial charge in [0.2, 0.25) is 0 Å². The topological polar surface area (TPSA) is 126 Å². The Morgan fingerprint density at radius 1 is 1.11 bits per heavy atom. The van der Waals surface area contributed by atoms with Crippen LogP contribution in [0, 0.1) is 6.92 Å². The molecule has 0 saturated carbocycles. The zero-order valence-corrected chi connectivity index (χ0v) is 23.0. The number of urea groups is 1. The number of carbonyl (C=O) groups excluding carboxylic acids is 2. The Kier molecular flexibility index (Phi) is 7.23. The maximum absolute atomic E-state index is 13.2. The van der Waals surface area contributed by atoms with Gasteiger partial charge in [-0.05, 0) is 82.4 Å². The maximum atomic E-state index is 13.2. The molecule has 13 heteroatoms. The number of fused-ring (bicyclic) bond motifs is 1. The van der Waals surface area contributed by atoms with E-state index in [1.165, 1.54) is 0 Å². The van der Waals surface area contributed by atoms with E-state index >= 15 is 0 Å². The smallest absolute Gasteiger partial charge is 0.306 e. The molecule has 10 nitrogen and oxygen atoms in total. The van der Waals surface area contributed by atoms with E-state index in [0.717, 1.165) is 30.1 Å². The second-order valence-corrected chi connectivity index (χ2v) is 12.8. The minimum absolute atomic E-state index is 0.113. The Hall–Kier alpha value is -3.32. The number of benzene rings is 2. The second kappa shape index (κ2) is 10.4. The highest BCUT2D eigenvalue weighted by atomic mass is 35.5. The predicted octanol–water partition coefficient (Wildman–Crippen LogP) is 4.27. The van der Waals surface area contributed by atoms with E-state index in [9.17, 15) is 18.0 Å². The number of likely N-dealkylation sites (tertiary alicyclic amines) is 1. The molecule has 3 amide bonds. The second-order valence-electron chi connectivity index (χ2n) is 9.15. The highest BCUT2D eigenvalue weighted by Gasteiger charge is 2.30. The molecule has 4 aromatic rings. The molecule has 38 heavy (non-hydrogen) atoms. The van der Waals surface area contributed by atoms with Crippen molar-refractivity contribution in [2.75, 3.05) is 25.5 Å². The van der Waals surface area contributed by atoms with E-state index in [2.05, 4.69) is 25.6 Å². The molecule has 1 fully saturated rings. The molecule has 0 aliphatic carbocycles.